The number of anilines is 2. The van der Waals surface area contributed by atoms with Gasteiger partial charge in [0.05, 0.1) is 10.8 Å². The van der Waals surface area contributed by atoms with E-state index in [1.54, 1.807) is 24.3 Å². The van der Waals surface area contributed by atoms with Crippen LogP contribution in [0.4, 0.5) is 15.8 Å². The van der Waals surface area contributed by atoms with Gasteiger partial charge in [-0.25, -0.2) is 4.39 Å². The van der Waals surface area contributed by atoms with Crippen molar-refractivity contribution in [2.45, 2.75) is 30.9 Å². The highest BCUT2D eigenvalue weighted by Crippen LogP contribution is 2.27. The van der Waals surface area contributed by atoms with Crippen LogP contribution in [0, 0.1) is 19.7 Å². The molecule has 0 aliphatic carbocycles. The largest absolute Gasteiger partial charge is 0.325 e. The molecule has 6 heteroatoms. The van der Waals surface area contributed by atoms with Crippen LogP contribution < -0.4 is 10.6 Å². The van der Waals surface area contributed by atoms with Gasteiger partial charge in [0.25, 0.3) is 5.91 Å². The van der Waals surface area contributed by atoms with Crippen LogP contribution in [-0.2, 0) is 4.79 Å². The van der Waals surface area contributed by atoms with E-state index in [0.717, 1.165) is 21.7 Å². The maximum atomic E-state index is 13.8. The van der Waals surface area contributed by atoms with Gasteiger partial charge >= 0.3 is 0 Å². The first-order chi connectivity index (χ1) is 14.3. The number of hydrogen-bond donors (Lipinski definition) is 2. The average molecular weight is 423 g/mol. The molecule has 0 fully saturated rings. The second-order valence-corrected chi connectivity index (χ2v) is 8.50. The third-order valence-electron chi connectivity index (χ3n) is 4.38. The maximum absolute atomic E-state index is 13.8. The standard InChI is InChI=1S/C24H23FN2O2S/c1-15-11-16(2)13-19(12-15)27-23(28)17(3)30-20-8-6-7-18(14-20)26-24(29)21-9-4-5-10-22(21)25/h4-14,17H,1-3H3,(H,26,29)(H,27,28). The van der Waals surface area contributed by atoms with E-state index < -0.39 is 11.7 Å². The number of benzene rings is 3. The minimum Gasteiger partial charge on any atom is -0.325 e. The Morgan fingerprint density at radius 2 is 1.57 bits per heavy atom. The molecular weight excluding hydrogens is 399 g/mol. The number of thioether (sulfide) groups is 1. The fourth-order valence-corrected chi connectivity index (χ4v) is 3.97. The van der Waals surface area contributed by atoms with Gasteiger partial charge in [-0.3, -0.25) is 9.59 Å². The zero-order chi connectivity index (χ0) is 21.7. The van der Waals surface area contributed by atoms with Gasteiger partial charge < -0.3 is 10.6 Å². The SMILES string of the molecule is Cc1cc(C)cc(NC(=O)C(C)Sc2cccc(NC(=O)c3ccccc3F)c2)c1. The van der Waals surface area contributed by atoms with Crippen LogP contribution in [0.15, 0.2) is 71.6 Å². The predicted molar refractivity (Wildman–Crippen MR) is 121 cm³/mol. The van der Waals surface area contributed by atoms with Crippen molar-refractivity contribution in [1.82, 2.24) is 0 Å². The molecule has 1 atom stereocenters. The quantitative estimate of drug-likeness (QED) is 0.493. The molecular formula is C24H23FN2O2S. The van der Waals surface area contributed by atoms with Crippen molar-refractivity contribution in [3.8, 4) is 0 Å². The number of hydrogen-bond acceptors (Lipinski definition) is 3. The molecule has 0 heterocycles. The second-order valence-electron chi connectivity index (χ2n) is 7.09. The summed E-state index contributed by atoms with van der Waals surface area (Å²) in [6, 6.07) is 18.9. The Hall–Kier alpha value is -3.12. The molecule has 154 valence electrons. The van der Waals surface area contributed by atoms with E-state index in [2.05, 4.69) is 16.7 Å². The van der Waals surface area contributed by atoms with E-state index in [1.807, 2.05) is 39.0 Å². The van der Waals surface area contributed by atoms with Crippen molar-refractivity contribution < 1.29 is 14.0 Å². The third kappa shape index (κ3) is 5.70. The molecule has 3 aromatic rings. The van der Waals surface area contributed by atoms with Crippen LogP contribution in [0.3, 0.4) is 0 Å². The summed E-state index contributed by atoms with van der Waals surface area (Å²) in [7, 11) is 0. The van der Waals surface area contributed by atoms with Crippen LogP contribution in [-0.4, -0.2) is 17.1 Å². The van der Waals surface area contributed by atoms with Crippen molar-refractivity contribution in [2.75, 3.05) is 10.6 Å². The smallest absolute Gasteiger partial charge is 0.258 e. The molecule has 1 unspecified atom stereocenters. The molecule has 3 rings (SSSR count). The molecule has 0 aliphatic heterocycles. The van der Waals surface area contributed by atoms with Crippen molar-refractivity contribution in [3.05, 3.63) is 89.2 Å². The van der Waals surface area contributed by atoms with Crippen LogP contribution in [0.5, 0.6) is 0 Å². The molecule has 0 aromatic heterocycles. The Morgan fingerprint density at radius 3 is 2.27 bits per heavy atom. The highest BCUT2D eigenvalue weighted by Gasteiger charge is 2.16. The number of aryl methyl sites for hydroxylation is 2. The number of nitrogens with one attached hydrogen (secondary N) is 2. The predicted octanol–water partition coefficient (Wildman–Crippen LogP) is 5.81. The third-order valence-corrected chi connectivity index (χ3v) is 5.48. The molecule has 0 bridgehead atoms. The normalized spacial score (nSPS) is 11.6. The molecule has 0 aliphatic rings. The Labute approximate surface area is 179 Å². The number of carbonyl (C=O) groups is 2. The number of amides is 2. The lowest BCUT2D eigenvalue weighted by molar-refractivity contribution is -0.115. The lowest BCUT2D eigenvalue weighted by Gasteiger charge is -2.14. The fourth-order valence-electron chi connectivity index (χ4n) is 3.04. The van der Waals surface area contributed by atoms with E-state index in [-0.39, 0.29) is 16.7 Å². The number of carbonyl (C=O) groups excluding carboxylic acids is 2. The van der Waals surface area contributed by atoms with Gasteiger partial charge in [0.1, 0.15) is 5.82 Å². The summed E-state index contributed by atoms with van der Waals surface area (Å²) < 4.78 is 13.8. The fraction of sp³-hybridized carbons (Fsp3) is 0.167. The van der Waals surface area contributed by atoms with E-state index in [9.17, 15) is 14.0 Å². The summed E-state index contributed by atoms with van der Waals surface area (Å²) in [5.74, 6) is -1.20. The lowest BCUT2D eigenvalue weighted by atomic mass is 10.1. The highest BCUT2D eigenvalue weighted by molar-refractivity contribution is 8.00. The molecule has 4 nitrogen and oxygen atoms in total. The van der Waals surface area contributed by atoms with Crippen molar-refractivity contribution >= 4 is 35.0 Å². The Morgan fingerprint density at radius 1 is 0.867 bits per heavy atom. The molecule has 2 amide bonds. The summed E-state index contributed by atoms with van der Waals surface area (Å²) in [5, 5.41) is 5.30. The minimum absolute atomic E-state index is 0.0169. The molecule has 0 spiro atoms. The van der Waals surface area contributed by atoms with Crippen molar-refractivity contribution in [1.29, 1.82) is 0 Å². The maximum Gasteiger partial charge on any atom is 0.258 e. The topological polar surface area (TPSA) is 58.2 Å². The van der Waals surface area contributed by atoms with E-state index in [0.29, 0.717) is 5.69 Å². The average Bonchev–Trinajstić information content (AvgIpc) is 2.67. The molecule has 3 aromatic carbocycles. The van der Waals surface area contributed by atoms with Gasteiger partial charge in [-0.2, -0.15) is 0 Å². The van der Waals surface area contributed by atoms with Gasteiger partial charge in [0, 0.05) is 16.3 Å². The molecule has 30 heavy (non-hydrogen) atoms. The summed E-state index contributed by atoms with van der Waals surface area (Å²) in [5.41, 5.74) is 3.47. The van der Waals surface area contributed by atoms with Crippen LogP contribution in [0.2, 0.25) is 0 Å². The minimum atomic E-state index is -0.572. The lowest BCUT2D eigenvalue weighted by Crippen LogP contribution is -2.22. The Bertz CT molecular complexity index is 1060. The molecule has 0 radical (unpaired) electrons. The molecule has 0 saturated carbocycles. The van der Waals surface area contributed by atoms with Gasteiger partial charge in [0.2, 0.25) is 5.91 Å². The molecule has 0 saturated heterocycles. The zero-order valence-electron chi connectivity index (χ0n) is 17.0. The monoisotopic (exact) mass is 422 g/mol. The first-order valence-corrected chi connectivity index (χ1v) is 10.4. The van der Waals surface area contributed by atoms with E-state index in [4.69, 9.17) is 0 Å². The van der Waals surface area contributed by atoms with Crippen molar-refractivity contribution in [2.24, 2.45) is 0 Å². The van der Waals surface area contributed by atoms with Gasteiger partial charge in [0.15, 0.2) is 0 Å². The first kappa shape index (κ1) is 21.6. The van der Waals surface area contributed by atoms with Crippen LogP contribution in [0.1, 0.15) is 28.4 Å². The second kappa shape index (κ2) is 9.59. The Balaban J connectivity index is 1.64. The van der Waals surface area contributed by atoms with Gasteiger partial charge in [-0.1, -0.05) is 24.3 Å². The first-order valence-electron chi connectivity index (χ1n) is 9.53. The van der Waals surface area contributed by atoms with Crippen LogP contribution in [0.25, 0.3) is 0 Å². The van der Waals surface area contributed by atoms with E-state index in [1.165, 1.54) is 30.0 Å². The van der Waals surface area contributed by atoms with Gasteiger partial charge in [-0.05, 0) is 74.4 Å². The number of rotatable bonds is 6. The van der Waals surface area contributed by atoms with E-state index >= 15 is 0 Å². The number of halogens is 1. The zero-order valence-corrected chi connectivity index (χ0v) is 17.8. The van der Waals surface area contributed by atoms with Crippen LogP contribution >= 0.6 is 11.8 Å². The summed E-state index contributed by atoms with van der Waals surface area (Å²) in [4.78, 5) is 25.7. The summed E-state index contributed by atoms with van der Waals surface area (Å²) >= 11 is 1.38. The Kier molecular flexibility index (Phi) is 6.90. The van der Waals surface area contributed by atoms with Crippen molar-refractivity contribution in [3.63, 3.8) is 0 Å². The van der Waals surface area contributed by atoms with Gasteiger partial charge in [-0.15, -0.1) is 11.8 Å². The molecule has 2 N–H and O–H groups in total. The highest BCUT2D eigenvalue weighted by atomic mass is 32.2. The summed E-state index contributed by atoms with van der Waals surface area (Å²) in [6.07, 6.45) is 0. The summed E-state index contributed by atoms with van der Waals surface area (Å²) in [6.45, 7) is 5.80.